The number of thioether (sulfide) groups is 1. The zero-order valence-corrected chi connectivity index (χ0v) is 13.0. The molecule has 0 radical (unpaired) electrons. The third-order valence-corrected chi connectivity index (χ3v) is 4.21. The van der Waals surface area contributed by atoms with Crippen LogP contribution in [0.2, 0.25) is 5.02 Å². The molecule has 0 aliphatic carbocycles. The van der Waals surface area contributed by atoms with Crippen molar-refractivity contribution in [2.75, 3.05) is 5.75 Å². The van der Waals surface area contributed by atoms with Gasteiger partial charge in [-0.15, -0.1) is 6.58 Å². The lowest BCUT2D eigenvalue weighted by molar-refractivity contribution is -0.133. The molecule has 6 heteroatoms. The van der Waals surface area contributed by atoms with Gasteiger partial charge >= 0.3 is 5.97 Å². The van der Waals surface area contributed by atoms with Gasteiger partial charge in [0.1, 0.15) is 6.04 Å². The number of hydrogen-bond donors (Lipinski definition) is 2. The van der Waals surface area contributed by atoms with Crippen molar-refractivity contribution in [3.8, 4) is 0 Å². The van der Waals surface area contributed by atoms with E-state index in [1.54, 1.807) is 31.2 Å². The number of benzene rings is 1. The average molecular weight is 323 g/mol. The van der Waals surface area contributed by atoms with E-state index in [-0.39, 0.29) is 5.57 Å². The Morgan fingerprint density at radius 2 is 2.29 bits per heavy atom. The molecular weight excluding hydrogens is 308 g/mol. The van der Waals surface area contributed by atoms with Crippen LogP contribution in [0.1, 0.15) is 18.5 Å². The predicted molar refractivity (Wildman–Crippen MR) is 87.8 cm³/mol. The molecule has 0 bridgehead atoms. The molecule has 4 nitrogen and oxygen atoms in total. The standard InChI is InChI=1S/C15H15ClN2O2S/c1-3-8-21-15-17-9(2)12(14(19)20)13(18-15)10-6-4-5-7-11(10)16/h3-7,13H,1,8H2,2H3,(H,17,18)(H,19,20). The Hall–Kier alpha value is -1.72. The summed E-state index contributed by atoms with van der Waals surface area (Å²) >= 11 is 7.67. The molecule has 0 amide bonds. The number of halogens is 1. The monoisotopic (exact) mass is 322 g/mol. The maximum absolute atomic E-state index is 11.5. The van der Waals surface area contributed by atoms with Gasteiger partial charge < -0.3 is 10.4 Å². The fraction of sp³-hybridized carbons (Fsp3) is 0.200. The van der Waals surface area contributed by atoms with Crippen molar-refractivity contribution in [1.82, 2.24) is 5.32 Å². The third kappa shape index (κ3) is 3.49. The van der Waals surface area contributed by atoms with Gasteiger partial charge in [0.2, 0.25) is 0 Å². The van der Waals surface area contributed by atoms with Crippen LogP contribution in [0.5, 0.6) is 0 Å². The molecule has 1 heterocycles. The summed E-state index contributed by atoms with van der Waals surface area (Å²) in [5.41, 5.74) is 1.48. The quantitative estimate of drug-likeness (QED) is 0.831. The Morgan fingerprint density at radius 3 is 2.90 bits per heavy atom. The predicted octanol–water partition coefficient (Wildman–Crippen LogP) is 3.62. The van der Waals surface area contributed by atoms with Gasteiger partial charge in [0.05, 0.1) is 5.57 Å². The SMILES string of the molecule is C=CCSC1=NC(c2ccccc2Cl)C(C(=O)O)=C(C)N1. The van der Waals surface area contributed by atoms with Crippen molar-refractivity contribution in [3.63, 3.8) is 0 Å². The van der Waals surface area contributed by atoms with E-state index in [1.165, 1.54) is 11.8 Å². The van der Waals surface area contributed by atoms with Gasteiger partial charge in [-0.3, -0.25) is 0 Å². The first kappa shape index (κ1) is 15.7. The summed E-state index contributed by atoms with van der Waals surface area (Å²) < 4.78 is 0. The van der Waals surface area contributed by atoms with E-state index in [9.17, 15) is 9.90 Å². The molecule has 0 spiro atoms. The lowest BCUT2D eigenvalue weighted by Gasteiger charge is -2.25. The second-order valence-corrected chi connectivity index (χ2v) is 5.84. The van der Waals surface area contributed by atoms with E-state index in [2.05, 4.69) is 16.9 Å². The molecule has 1 aliphatic heterocycles. The van der Waals surface area contributed by atoms with E-state index < -0.39 is 12.0 Å². The Morgan fingerprint density at radius 1 is 1.57 bits per heavy atom. The average Bonchev–Trinajstić information content (AvgIpc) is 2.44. The number of nitrogens with zero attached hydrogens (tertiary/aromatic N) is 1. The van der Waals surface area contributed by atoms with Crippen LogP contribution in [0.15, 0.2) is 53.2 Å². The lowest BCUT2D eigenvalue weighted by atomic mass is 9.97. The summed E-state index contributed by atoms with van der Waals surface area (Å²) in [5, 5.41) is 13.7. The zero-order valence-electron chi connectivity index (χ0n) is 11.5. The molecule has 2 N–H and O–H groups in total. The van der Waals surface area contributed by atoms with Crippen molar-refractivity contribution in [2.24, 2.45) is 4.99 Å². The van der Waals surface area contributed by atoms with Crippen LogP contribution in [0.3, 0.4) is 0 Å². The minimum absolute atomic E-state index is 0.214. The molecule has 110 valence electrons. The lowest BCUT2D eigenvalue weighted by Crippen LogP contribution is -2.29. The van der Waals surface area contributed by atoms with Crippen LogP contribution in [0.25, 0.3) is 0 Å². The summed E-state index contributed by atoms with van der Waals surface area (Å²) in [7, 11) is 0. The zero-order chi connectivity index (χ0) is 15.4. The highest BCUT2D eigenvalue weighted by Gasteiger charge is 2.30. The van der Waals surface area contributed by atoms with Crippen molar-refractivity contribution in [1.29, 1.82) is 0 Å². The van der Waals surface area contributed by atoms with Crippen molar-refractivity contribution >= 4 is 34.5 Å². The second kappa shape index (κ2) is 6.83. The van der Waals surface area contributed by atoms with Crippen LogP contribution >= 0.6 is 23.4 Å². The van der Waals surface area contributed by atoms with Crippen LogP contribution in [-0.4, -0.2) is 22.0 Å². The number of rotatable bonds is 4. The van der Waals surface area contributed by atoms with E-state index in [1.807, 2.05) is 6.07 Å². The number of hydrogen-bond acceptors (Lipinski definition) is 4. The molecule has 0 saturated carbocycles. The van der Waals surface area contributed by atoms with Gasteiger partial charge in [0.15, 0.2) is 5.17 Å². The number of carboxylic acids is 1. The first-order valence-electron chi connectivity index (χ1n) is 6.31. The normalized spacial score (nSPS) is 18.0. The summed E-state index contributed by atoms with van der Waals surface area (Å²) in [6.45, 7) is 5.40. The molecule has 0 fully saturated rings. The van der Waals surface area contributed by atoms with Crippen molar-refractivity contribution < 1.29 is 9.90 Å². The van der Waals surface area contributed by atoms with E-state index >= 15 is 0 Å². The van der Waals surface area contributed by atoms with Gasteiger partial charge in [-0.25, -0.2) is 9.79 Å². The van der Waals surface area contributed by atoms with E-state index in [0.717, 1.165) is 0 Å². The molecule has 0 aromatic heterocycles. The van der Waals surface area contributed by atoms with Crippen LogP contribution in [0, 0.1) is 0 Å². The van der Waals surface area contributed by atoms with Crippen LogP contribution in [0.4, 0.5) is 0 Å². The maximum Gasteiger partial charge on any atom is 0.335 e. The summed E-state index contributed by atoms with van der Waals surface area (Å²) in [5.74, 6) is -0.307. The van der Waals surface area contributed by atoms with Crippen LogP contribution < -0.4 is 5.32 Å². The highest BCUT2D eigenvalue weighted by atomic mass is 35.5. The van der Waals surface area contributed by atoms with Gasteiger partial charge in [0, 0.05) is 22.0 Å². The molecule has 1 unspecified atom stereocenters. The number of carbonyl (C=O) groups is 1. The number of nitrogens with one attached hydrogen (secondary N) is 1. The van der Waals surface area contributed by atoms with Gasteiger partial charge in [-0.2, -0.15) is 0 Å². The summed E-state index contributed by atoms with van der Waals surface area (Å²) in [6.07, 6.45) is 1.77. The second-order valence-electron chi connectivity index (χ2n) is 4.43. The minimum atomic E-state index is -0.999. The topological polar surface area (TPSA) is 61.7 Å². The number of aliphatic carboxylic acids is 1. The fourth-order valence-electron chi connectivity index (χ4n) is 2.06. The molecule has 21 heavy (non-hydrogen) atoms. The first-order chi connectivity index (χ1) is 10.0. The molecular formula is C15H15ClN2O2S. The Balaban J connectivity index is 2.46. The number of amidine groups is 1. The van der Waals surface area contributed by atoms with E-state index in [0.29, 0.717) is 27.2 Å². The minimum Gasteiger partial charge on any atom is -0.478 e. The largest absolute Gasteiger partial charge is 0.478 e. The van der Waals surface area contributed by atoms with Crippen molar-refractivity contribution in [2.45, 2.75) is 13.0 Å². The number of allylic oxidation sites excluding steroid dienone is 1. The smallest absolute Gasteiger partial charge is 0.335 e. The number of carboxylic acid groups (broad SMARTS) is 1. The Kier molecular flexibility index (Phi) is 5.09. The molecule has 2 rings (SSSR count). The first-order valence-corrected chi connectivity index (χ1v) is 7.68. The summed E-state index contributed by atoms with van der Waals surface area (Å²) in [6, 6.07) is 6.56. The highest BCUT2D eigenvalue weighted by Crippen LogP contribution is 2.35. The maximum atomic E-state index is 11.5. The van der Waals surface area contributed by atoms with Gasteiger partial charge in [-0.05, 0) is 13.0 Å². The molecule has 1 aromatic rings. The van der Waals surface area contributed by atoms with Crippen LogP contribution in [-0.2, 0) is 4.79 Å². The van der Waals surface area contributed by atoms with Gasteiger partial charge in [-0.1, -0.05) is 47.6 Å². The third-order valence-electron chi connectivity index (χ3n) is 2.99. The van der Waals surface area contributed by atoms with Crippen molar-refractivity contribution in [3.05, 3.63) is 58.8 Å². The molecule has 1 atom stereocenters. The molecule has 0 saturated heterocycles. The highest BCUT2D eigenvalue weighted by molar-refractivity contribution is 8.13. The fourth-order valence-corrected chi connectivity index (χ4v) is 2.98. The van der Waals surface area contributed by atoms with E-state index in [4.69, 9.17) is 11.6 Å². The molecule has 1 aromatic carbocycles. The molecule has 1 aliphatic rings. The van der Waals surface area contributed by atoms with Gasteiger partial charge in [0.25, 0.3) is 0 Å². The summed E-state index contributed by atoms with van der Waals surface area (Å²) in [4.78, 5) is 16.0. The number of aliphatic imine (C=N–C) groups is 1. The Labute approximate surface area is 132 Å². The Bertz CT molecular complexity index is 640.